The normalized spacial score (nSPS) is 14.4. The molecule has 5 heteroatoms. The van der Waals surface area contributed by atoms with Crippen LogP contribution in [0.5, 0.6) is 0 Å². The van der Waals surface area contributed by atoms with Crippen LogP contribution in [0.3, 0.4) is 0 Å². The van der Waals surface area contributed by atoms with Crippen LogP contribution in [0.1, 0.15) is 69.8 Å². The van der Waals surface area contributed by atoms with Gasteiger partial charge >= 0.3 is 0 Å². The van der Waals surface area contributed by atoms with Gasteiger partial charge in [-0.25, -0.2) is 0 Å². The van der Waals surface area contributed by atoms with E-state index in [4.69, 9.17) is 17.3 Å². The monoisotopic (exact) mass is 481 g/mol. The van der Waals surface area contributed by atoms with E-state index in [0.717, 1.165) is 47.4 Å². The number of halogens is 1. The SMILES string of the molecule is CC/C=C/C=C\C(Cl)=C(/C)NC(=O)c1ccc(C(/C=C/CC)=C(\C(N)=C(/C)CC)N(C)C)cc1. The molecule has 34 heavy (non-hydrogen) atoms. The summed E-state index contributed by atoms with van der Waals surface area (Å²) in [5.74, 6) is -0.205. The quantitative estimate of drug-likeness (QED) is 0.326. The zero-order chi connectivity index (χ0) is 25.7. The van der Waals surface area contributed by atoms with E-state index in [0.29, 0.717) is 16.3 Å². The van der Waals surface area contributed by atoms with Crippen LogP contribution in [0.15, 0.2) is 88.4 Å². The lowest BCUT2D eigenvalue weighted by molar-refractivity contribution is 0.0966. The molecule has 0 aromatic heterocycles. The molecule has 0 aliphatic rings. The van der Waals surface area contributed by atoms with Crippen LogP contribution in [0.2, 0.25) is 0 Å². The van der Waals surface area contributed by atoms with Crippen LogP contribution >= 0.6 is 11.6 Å². The number of nitrogens with one attached hydrogen (secondary N) is 1. The average molecular weight is 482 g/mol. The molecule has 1 amide bonds. The van der Waals surface area contributed by atoms with Crippen LogP contribution in [0.25, 0.3) is 5.57 Å². The zero-order valence-corrected chi connectivity index (χ0v) is 22.5. The van der Waals surface area contributed by atoms with Gasteiger partial charge in [-0.15, -0.1) is 0 Å². The van der Waals surface area contributed by atoms with Gasteiger partial charge in [0.1, 0.15) is 0 Å². The number of likely N-dealkylation sites (N-methyl/N-ethyl adjacent to an activating group) is 1. The smallest absolute Gasteiger partial charge is 0.255 e. The van der Waals surface area contributed by atoms with Gasteiger partial charge in [0.2, 0.25) is 0 Å². The summed E-state index contributed by atoms with van der Waals surface area (Å²) >= 11 is 6.30. The standard InChI is InChI=1S/C29H40ClN3O/c1-8-11-13-14-16-26(30)22(5)32-29(34)24-19-17-23(18-20-24)25(15-12-9-2)28(33(6)7)27(31)21(4)10-3/h11-20H,8-10,31H2,1-7H3,(H,32,34)/b13-11+,15-12+,16-14-,26-22-,27-21-,28-25+. The number of nitrogens with zero attached hydrogens (tertiary/aromatic N) is 1. The maximum atomic E-state index is 12.8. The summed E-state index contributed by atoms with van der Waals surface area (Å²) in [6.45, 7) is 10.1. The van der Waals surface area contributed by atoms with E-state index >= 15 is 0 Å². The van der Waals surface area contributed by atoms with Gasteiger partial charge in [-0.05, 0) is 62.5 Å². The Bertz CT molecular complexity index is 1010. The van der Waals surface area contributed by atoms with Gasteiger partial charge in [0, 0.05) is 30.9 Å². The number of carbonyl (C=O) groups is 1. The molecule has 0 radical (unpaired) electrons. The van der Waals surface area contributed by atoms with Crippen LogP contribution in [-0.4, -0.2) is 24.9 Å². The minimum atomic E-state index is -0.205. The molecule has 4 nitrogen and oxygen atoms in total. The third kappa shape index (κ3) is 8.75. The summed E-state index contributed by atoms with van der Waals surface area (Å²) in [4.78, 5) is 14.8. The number of allylic oxidation sites excluding steroid dienone is 10. The van der Waals surface area contributed by atoms with Crippen LogP contribution in [0, 0.1) is 0 Å². The molecular weight excluding hydrogens is 442 g/mol. The fourth-order valence-electron chi connectivity index (χ4n) is 3.15. The first-order chi connectivity index (χ1) is 16.2. The molecule has 0 aliphatic heterocycles. The highest BCUT2D eigenvalue weighted by atomic mass is 35.5. The number of amides is 1. The third-order valence-corrected chi connectivity index (χ3v) is 5.72. The van der Waals surface area contributed by atoms with Crippen molar-refractivity contribution in [2.45, 2.75) is 53.9 Å². The van der Waals surface area contributed by atoms with Crippen molar-refractivity contribution in [2.75, 3.05) is 14.1 Å². The molecule has 0 spiro atoms. The van der Waals surface area contributed by atoms with Gasteiger partial charge in [-0.3, -0.25) is 4.79 Å². The number of nitrogens with two attached hydrogens (primary N) is 1. The molecule has 3 N–H and O–H groups in total. The van der Waals surface area contributed by atoms with Gasteiger partial charge in [0.05, 0.1) is 16.4 Å². The number of hydrogen-bond donors (Lipinski definition) is 2. The van der Waals surface area contributed by atoms with Crippen molar-refractivity contribution in [2.24, 2.45) is 5.73 Å². The van der Waals surface area contributed by atoms with Gasteiger partial charge in [0.25, 0.3) is 5.91 Å². The lowest BCUT2D eigenvalue weighted by atomic mass is 9.97. The highest BCUT2D eigenvalue weighted by Crippen LogP contribution is 2.27. The molecule has 0 saturated heterocycles. The molecule has 1 rings (SSSR count). The summed E-state index contributed by atoms with van der Waals surface area (Å²) in [6, 6.07) is 7.56. The van der Waals surface area contributed by atoms with E-state index in [1.165, 1.54) is 0 Å². The van der Waals surface area contributed by atoms with E-state index in [1.807, 2.05) is 61.5 Å². The zero-order valence-electron chi connectivity index (χ0n) is 21.7. The lowest BCUT2D eigenvalue weighted by Crippen LogP contribution is -2.22. The molecule has 0 aliphatic carbocycles. The topological polar surface area (TPSA) is 58.4 Å². The maximum Gasteiger partial charge on any atom is 0.255 e. The van der Waals surface area contributed by atoms with Crippen molar-refractivity contribution in [3.05, 3.63) is 99.5 Å². The molecule has 0 fully saturated rings. The first kappa shape index (κ1) is 29.1. The van der Waals surface area contributed by atoms with E-state index in [-0.39, 0.29) is 5.91 Å². The third-order valence-electron chi connectivity index (χ3n) is 5.31. The van der Waals surface area contributed by atoms with Crippen molar-refractivity contribution < 1.29 is 4.79 Å². The minimum Gasteiger partial charge on any atom is -0.397 e. The van der Waals surface area contributed by atoms with Crippen molar-refractivity contribution in [3.63, 3.8) is 0 Å². The Morgan fingerprint density at radius 3 is 2.09 bits per heavy atom. The maximum absolute atomic E-state index is 12.8. The molecule has 184 valence electrons. The number of benzene rings is 1. The molecule has 0 saturated carbocycles. The van der Waals surface area contributed by atoms with Crippen molar-refractivity contribution in [1.29, 1.82) is 0 Å². The van der Waals surface area contributed by atoms with Crippen molar-refractivity contribution in [3.8, 4) is 0 Å². The summed E-state index contributed by atoms with van der Waals surface area (Å²) in [7, 11) is 4.00. The summed E-state index contributed by atoms with van der Waals surface area (Å²) in [5.41, 5.74) is 12.6. The van der Waals surface area contributed by atoms with Crippen LogP contribution in [0.4, 0.5) is 0 Å². The Balaban J connectivity index is 3.32. The van der Waals surface area contributed by atoms with Crippen LogP contribution < -0.4 is 11.1 Å². The largest absolute Gasteiger partial charge is 0.397 e. The fourth-order valence-corrected chi connectivity index (χ4v) is 3.27. The van der Waals surface area contributed by atoms with Gasteiger partial charge in [-0.2, -0.15) is 0 Å². The predicted molar refractivity (Wildman–Crippen MR) is 148 cm³/mol. The summed E-state index contributed by atoms with van der Waals surface area (Å²) < 4.78 is 0. The average Bonchev–Trinajstić information content (AvgIpc) is 2.83. The molecule has 0 unspecified atom stereocenters. The molecule has 0 heterocycles. The highest BCUT2D eigenvalue weighted by Gasteiger charge is 2.15. The minimum absolute atomic E-state index is 0.205. The second-order valence-corrected chi connectivity index (χ2v) is 8.62. The van der Waals surface area contributed by atoms with Gasteiger partial charge in [0.15, 0.2) is 0 Å². The Labute approximate surface area is 211 Å². The Morgan fingerprint density at radius 1 is 0.971 bits per heavy atom. The second kappa shape index (κ2) is 15.0. The van der Waals surface area contributed by atoms with E-state index in [2.05, 4.69) is 45.2 Å². The van der Waals surface area contributed by atoms with Crippen molar-refractivity contribution in [1.82, 2.24) is 10.2 Å². The summed E-state index contributed by atoms with van der Waals surface area (Å²) in [6.07, 6.45) is 14.6. The number of carbonyl (C=O) groups excluding carboxylic acids is 1. The molecule has 1 aromatic rings. The Hall–Kier alpha value is -2.98. The first-order valence-corrected chi connectivity index (χ1v) is 12.2. The lowest BCUT2D eigenvalue weighted by Gasteiger charge is -2.23. The Morgan fingerprint density at radius 2 is 1.56 bits per heavy atom. The van der Waals surface area contributed by atoms with Gasteiger partial charge < -0.3 is 16.0 Å². The van der Waals surface area contributed by atoms with Gasteiger partial charge in [-0.1, -0.05) is 74.9 Å². The van der Waals surface area contributed by atoms with Crippen molar-refractivity contribution >= 4 is 23.1 Å². The van der Waals surface area contributed by atoms with E-state index < -0.39 is 0 Å². The molecule has 0 atom stereocenters. The predicted octanol–water partition coefficient (Wildman–Crippen LogP) is 7.29. The number of rotatable bonds is 11. The Kier molecular flexibility index (Phi) is 12.8. The van der Waals surface area contributed by atoms with E-state index in [1.54, 1.807) is 13.0 Å². The highest BCUT2D eigenvalue weighted by molar-refractivity contribution is 6.31. The second-order valence-electron chi connectivity index (χ2n) is 8.21. The summed E-state index contributed by atoms with van der Waals surface area (Å²) in [5, 5.41) is 3.36. The molecule has 1 aromatic carbocycles. The molecular formula is C29H40ClN3O. The first-order valence-electron chi connectivity index (χ1n) is 11.8. The fraction of sp³-hybridized carbons (Fsp3) is 0.345. The number of hydrogen-bond acceptors (Lipinski definition) is 3. The van der Waals surface area contributed by atoms with E-state index in [9.17, 15) is 4.79 Å². The van der Waals surface area contributed by atoms with Crippen LogP contribution in [-0.2, 0) is 0 Å². The molecule has 0 bridgehead atoms.